The van der Waals surface area contributed by atoms with Crippen molar-refractivity contribution in [3.05, 3.63) is 68.7 Å². The van der Waals surface area contributed by atoms with Gasteiger partial charge in [-0.3, -0.25) is 4.99 Å². The maximum atomic E-state index is 9.49. The molecule has 0 aliphatic heterocycles. The fraction of sp³-hybridized carbons (Fsp3) is 0.200. The minimum absolute atomic E-state index is 0.182. The SMILES string of the molecule is CC(=Nn1c(-c2ccc(Br)cc2)csc1=NC(C)C)c1ccc(O)cc1. The minimum atomic E-state index is 0.182. The third-order valence-corrected chi connectivity index (χ3v) is 5.09. The first-order valence-corrected chi connectivity index (χ1v) is 9.96. The van der Waals surface area contributed by atoms with Crippen LogP contribution in [0.15, 0.2) is 68.5 Å². The predicted octanol–water partition coefficient (Wildman–Crippen LogP) is 5.27. The number of benzene rings is 2. The lowest BCUT2D eigenvalue weighted by Crippen LogP contribution is -2.16. The molecule has 0 saturated carbocycles. The molecule has 0 atom stereocenters. The van der Waals surface area contributed by atoms with Crippen LogP contribution in [-0.4, -0.2) is 21.5 Å². The van der Waals surface area contributed by atoms with E-state index in [-0.39, 0.29) is 11.8 Å². The molecular formula is C20H20BrN3OS. The van der Waals surface area contributed by atoms with Crippen LogP contribution in [-0.2, 0) is 0 Å². The van der Waals surface area contributed by atoms with Crippen LogP contribution in [0.4, 0.5) is 0 Å². The summed E-state index contributed by atoms with van der Waals surface area (Å²) in [6.07, 6.45) is 0. The van der Waals surface area contributed by atoms with E-state index in [2.05, 4.69) is 47.3 Å². The van der Waals surface area contributed by atoms with Gasteiger partial charge in [0.15, 0.2) is 0 Å². The standard InChI is InChI=1S/C20H20BrN3OS/c1-13(2)22-20-24(23-14(3)15-6-10-18(25)11-7-15)19(12-26-20)16-4-8-17(21)9-5-16/h4-13,25H,1-3H3. The quantitative estimate of drug-likeness (QED) is 0.564. The van der Waals surface area contributed by atoms with E-state index in [0.717, 1.165) is 31.8 Å². The molecule has 0 amide bonds. The molecule has 0 fully saturated rings. The molecule has 0 saturated heterocycles. The molecular weight excluding hydrogens is 410 g/mol. The topological polar surface area (TPSA) is 49.9 Å². The fourth-order valence-electron chi connectivity index (χ4n) is 2.44. The molecule has 0 spiro atoms. The minimum Gasteiger partial charge on any atom is -0.508 e. The molecule has 4 nitrogen and oxygen atoms in total. The fourth-order valence-corrected chi connectivity index (χ4v) is 3.66. The van der Waals surface area contributed by atoms with Crippen molar-refractivity contribution < 1.29 is 5.11 Å². The van der Waals surface area contributed by atoms with E-state index in [1.54, 1.807) is 23.5 Å². The van der Waals surface area contributed by atoms with E-state index in [4.69, 9.17) is 10.1 Å². The first-order valence-electron chi connectivity index (χ1n) is 8.29. The normalized spacial score (nSPS) is 12.8. The number of aromatic nitrogens is 1. The molecule has 0 unspecified atom stereocenters. The van der Waals surface area contributed by atoms with E-state index >= 15 is 0 Å². The highest BCUT2D eigenvalue weighted by Gasteiger charge is 2.09. The van der Waals surface area contributed by atoms with E-state index in [1.807, 2.05) is 35.9 Å². The van der Waals surface area contributed by atoms with Crippen molar-refractivity contribution in [1.82, 2.24) is 4.68 Å². The molecule has 1 aromatic heterocycles. The van der Waals surface area contributed by atoms with Gasteiger partial charge in [0.1, 0.15) is 5.75 Å². The molecule has 134 valence electrons. The van der Waals surface area contributed by atoms with Gasteiger partial charge in [-0.1, -0.05) is 28.1 Å². The maximum absolute atomic E-state index is 9.49. The number of halogens is 1. The van der Waals surface area contributed by atoms with Crippen molar-refractivity contribution in [2.45, 2.75) is 26.8 Å². The lowest BCUT2D eigenvalue weighted by atomic mass is 10.1. The van der Waals surface area contributed by atoms with Gasteiger partial charge >= 0.3 is 0 Å². The second-order valence-electron chi connectivity index (χ2n) is 6.18. The summed E-state index contributed by atoms with van der Waals surface area (Å²) in [4.78, 5) is 5.57. The Bertz CT molecular complexity index is 983. The van der Waals surface area contributed by atoms with Crippen LogP contribution in [0.5, 0.6) is 5.75 Å². The third-order valence-electron chi connectivity index (χ3n) is 3.73. The van der Waals surface area contributed by atoms with E-state index in [1.165, 1.54) is 0 Å². The highest BCUT2D eigenvalue weighted by molar-refractivity contribution is 9.10. The van der Waals surface area contributed by atoms with Gasteiger partial charge in [0.05, 0.1) is 11.4 Å². The van der Waals surface area contributed by atoms with Crippen LogP contribution < -0.4 is 4.80 Å². The summed E-state index contributed by atoms with van der Waals surface area (Å²) in [6.45, 7) is 6.07. The molecule has 3 aromatic rings. The molecule has 26 heavy (non-hydrogen) atoms. The average Bonchev–Trinajstić information content (AvgIpc) is 2.98. The van der Waals surface area contributed by atoms with Crippen molar-refractivity contribution in [2.24, 2.45) is 10.1 Å². The van der Waals surface area contributed by atoms with E-state index < -0.39 is 0 Å². The van der Waals surface area contributed by atoms with Crippen LogP contribution in [0.25, 0.3) is 11.3 Å². The lowest BCUT2D eigenvalue weighted by Gasteiger charge is -2.07. The highest BCUT2D eigenvalue weighted by atomic mass is 79.9. The molecule has 0 bridgehead atoms. The second kappa shape index (κ2) is 8.01. The summed E-state index contributed by atoms with van der Waals surface area (Å²) in [5.74, 6) is 0.246. The summed E-state index contributed by atoms with van der Waals surface area (Å²) in [5, 5.41) is 16.4. The van der Waals surface area contributed by atoms with Gasteiger partial charge in [-0.2, -0.15) is 5.10 Å². The van der Waals surface area contributed by atoms with Gasteiger partial charge in [0.25, 0.3) is 0 Å². The molecule has 2 aromatic carbocycles. The Morgan fingerprint density at radius 2 is 1.73 bits per heavy atom. The van der Waals surface area contributed by atoms with Crippen LogP contribution in [0.1, 0.15) is 26.3 Å². The van der Waals surface area contributed by atoms with Crippen molar-refractivity contribution in [2.75, 3.05) is 0 Å². The van der Waals surface area contributed by atoms with E-state index in [9.17, 15) is 5.11 Å². The summed E-state index contributed by atoms with van der Waals surface area (Å²) < 4.78 is 2.94. The summed E-state index contributed by atoms with van der Waals surface area (Å²) in [7, 11) is 0. The summed E-state index contributed by atoms with van der Waals surface area (Å²) in [6, 6.07) is 15.4. The Labute approximate surface area is 165 Å². The molecule has 6 heteroatoms. The van der Waals surface area contributed by atoms with Gasteiger partial charge in [-0.05, 0) is 62.7 Å². The van der Waals surface area contributed by atoms with Crippen LogP contribution >= 0.6 is 27.3 Å². The van der Waals surface area contributed by atoms with Gasteiger partial charge in [0, 0.05) is 21.5 Å². The number of hydrogen-bond donors (Lipinski definition) is 1. The Morgan fingerprint density at radius 3 is 2.35 bits per heavy atom. The molecule has 0 aliphatic rings. The van der Waals surface area contributed by atoms with Crippen LogP contribution in [0, 0.1) is 0 Å². The van der Waals surface area contributed by atoms with Crippen molar-refractivity contribution in [1.29, 1.82) is 0 Å². The lowest BCUT2D eigenvalue weighted by molar-refractivity contribution is 0.475. The van der Waals surface area contributed by atoms with Crippen molar-refractivity contribution in [3.8, 4) is 17.0 Å². The number of aromatic hydroxyl groups is 1. The zero-order chi connectivity index (χ0) is 18.7. The van der Waals surface area contributed by atoms with Crippen LogP contribution in [0.2, 0.25) is 0 Å². The first kappa shape index (κ1) is 18.6. The summed E-state index contributed by atoms with van der Waals surface area (Å²) >= 11 is 5.06. The summed E-state index contributed by atoms with van der Waals surface area (Å²) in [5.41, 5.74) is 3.89. The molecule has 0 aliphatic carbocycles. The monoisotopic (exact) mass is 429 g/mol. The number of nitrogens with zero attached hydrogens (tertiary/aromatic N) is 3. The van der Waals surface area contributed by atoms with Crippen molar-refractivity contribution in [3.63, 3.8) is 0 Å². The molecule has 1 heterocycles. The zero-order valence-corrected chi connectivity index (χ0v) is 17.3. The molecule has 1 N–H and O–H groups in total. The Hall–Kier alpha value is -2.18. The number of hydrogen-bond acceptors (Lipinski definition) is 4. The maximum Gasteiger partial charge on any atom is 0.206 e. The molecule has 3 rings (SSSR count). The largest absolute Gasteiger partial charge is 0.508 e. The van der Waals surface area contributed by atoms with Gasteiger partial charge in [0.2, 0.25) is 4.80 Å². The first-order chi connectivity index (χ1) is 12.4. The number of thiazole rings is 1. The zero-order valence-electron chi connectivity index (χ0n) is 14.8. The Kier molecular flexibility index (Phi) is 5.74. The van der Waals surface area contributed by atoms with Gasteiger partial charge in [-0.15, -0.1) is 11.3 Å². The smallest absolute Gasteiger partial charge is 0.206 e. The van der Waals surface area contributed by atoms with Gasteiger partial charge in [-0.25, -0.2) is 4.68 Å². The third kappa shape index (κ3) is 4.31. The Balaban J connectivity index is 2.14. The van der Waals surface area contributed by atoms with E-state index in [0.29, 0.717) is 0 Å². The van der Waals surface area contributed by atoms with Crippen LogP contribution in [0.3, 0.4) is 0 Å². The Morgan fingerprint density at radius 1 is 1.08 bits per heavy atom. The van der Waals surface area contributed by atoms with Gasteiger partial charge < -0.3 is 5.11 Å². The molecule has 0 radical (unpaired) electrons. The average molecular weight is 430 g/mol. The second-order valence-corrected chi connectivity index (χ2v) is 7.93. The predicted molar refractivity (Wildman–Crippen MR) is 112 cm³/mol. The van der Waals surface area contributed by atoms with Crippen molar-refractivity contribution >= 4 is 33.0 Å². The number of phenolic OH excluding ortho intramolecular Hbond substituents is 1. The highest BCUT2D eigenvalue weighted by Crippen LogP contribution is 2.23. The number of phenols is 1. The number of rotatable bonds is 4.